The summed E-state index contributed by atoms with van der Waals surface area (Å²) in [7, 11) is 1.62. The molecule has 0 bridgehead atoms. The highest BCUT2D eigenvalue weighted by molar-refractivity contribution is 6.30. The third-order valence-electron chi connectivity index (χ3n) is 3.10. The standard InChI is InChI=1S/C15H21ClF3N3/c1-11(12-6-5-7-13(16)10-12)22-14(20-2)21-9-4-3-8-15(17,18)19/h5-7,10-11H,3-4,8-9H2,1-2H3,(H2,20,21,22). The van der Waals surface area contributed by atoms with Crippen molar-refractivity contribution in [1.82, 2.24) is 10.6 Å². The van der Waals surface area contributed by atoms with Crippen LogP contribution in [0.25, 0.3) is 0 Å². The molecule has 1 rings (SSSR count). The minimum Gasteiger partial charge on any atom is -0.356 e. The van der Waals surface area contributed by atoms with E-state index in [2.05, 4.69) is 15.6 Å². The molecule has 0 saturated carbocycles. The van der Waals surface area contributed by atoms with E-state index in [0.29, 0.717) is 23.9 Å². The quantitative estimate of drug-likeness (QED) is 0.462. The Bertz CT molecular complexity index is 489. The van der Waals surface area contributed by atoms with Crippen molar-refractivity contribution in [2.45, 2.75) is 38.4 Å². The molecule has 1 aromatic rings. The van der Waals surface area contributed by atoms with Gasteiger partial charge in [0, 0.05) is 25.0 Å². The molecule has 0 aliphatic rings. The molecule has 124 valence electrons. The van der Waals surface area contributed by atoms with Gasteiger partial charge >= 0.3 is 6.18 Å². The van der Waals surface area contributed by atoms with Gasteiger partial charge in [-0.25, -0.2) is 0 Å². The molecule has 0 heterocycles. The lowest BCUT2D eigenvalue weighted by Gasteiger charge is -2.18. The average molecular weight is 336 g/mol. The number of guanidine groups is 1. The van der Waals surface area contributed by atoms with Crippen molar-refractivity contribution in [3.8, 4) is 0 Å². The Morgan fingerprint density at radius 1 is 1.32 bits per heavy atom. The zero-order valence-corrected chi connectivity index (χ0v) is 13.4. The van der Waals surface area contributed by atoms with Gasteiger partial charge in [-0.1, -0.05) is 23.7 Å². The summed E-state index contributed by atoms with van der Waals surface area (Å²) in [6, 6.07) is 7.45. The highest BCUT2D eigenvalue weighted by atomic mass is 35.5. The van der Waals surface area contributed by atoms with Crippen molar-refractivity contribution in [2.75, 3.05) is 13.6 Å². The Balaban J connectivity index is 2.36. The Hall–Kier alpha value is -1.43. The van der Waals surface area contributed by atoms with E-state index in [9.17, 15) is 13.2 Å². The molecule has 0 aromatic heterocycles. The monoisotopic (exact) mass is 335 g/mol. The fourth-order valence-electron chi connectivity index (χ4n) is 1.92. The smallest absolute Gasteiger partial charge is 0.356 e. The lowest BCUT2D eigenvalue weighted by atomic mass is 10.1. The van der Waals surface area contributed by atoms with Gasteiger partial charge in [0.25, 0.3) is 0 Å². The van der Waals surface area contributed by atoms with Gasteiger partial charge in [-0.3, -0.25) is 4.99 Å². The Morgan fingerprint density at radius 3 is 2.64 bits per heavy atom. The first-order valence-corrected chi connectivity index (χ1v) is 7.49. The summed E-state index contributed by atoms with van der Waals surface area (Å²) in [4.78, 5) is 4.06. The first kappa shape index (κ1) is 18.6. The Morgan fingerprint density at radius 2 is 2.05 bits per heavy atom. The van der Waals surface area contributed by atoms with Gasteiger partial charge < -0.3 is 10.6 Å². The number of rotatable bonds is 6. The van der Waals surface area contributed by atoms with Crippen LogP contribution >= 0.6 is 11.6 Å². The maximum absolute atomic E-state index is 12.0. The van der Waals surface area contributed by atoms with Crippen LogP contribution in [0.5, 0.6) is 0 Å². The summed E-state index contributed by atoms with van der Waals surface area (Å²) in [5.41, 5.74) is 1.01. The predicted molar refractivity (Wildman–Crippen MR) is 84.3 cm³/mol. The van der Waals surface area contributed by atoms with E-state index in [-0.39, 0.29) is 12.5 Å². The van der Waals surface area contributed by atoms with E-state index in [1.165, 1.54) is 0 Å². The molecule has 3 nitrogen and oxygen atoms in total. The second kappa shape index (κ2) is 8.88. The molecule has 0 fully saturated rings. The fourth-order valence-corrected chi connectivity index (χ4v) is 2.11. The van der Waals surface area contributed by atoms with Crippen molar-refractivity contribution < 1.29 is 13.2 Å². The highest BCUT2D eigenvalue weighted by Gasteiger charge is 2.25. The summed E-state index contributed by atoms with van der Waals surface area (Å²) < 4.78 is 36.1. The summed E-state index contributed by atoms with van der Waals surface area (Å²) in [6.07, 6.45) is -4.29. The van der Waals surface area contributed by atoms with E-state index in [1.54, 1.807) is 13.1 Å². The van der Waals surface area contributed by atoms with Crippen LogP contribution in [0.2, 0.25) is 5.02 Å². The molecule has 22 heavy (non-hydrogen) atoms. The van der Waals surface area contributed by atoms with E-state index < -0.39 is 12.6 Å². The van der Waals surface area contributed by atoms with Gasteiger partial charge in [0.05, 0.1) is 6.04 Å². The van der Waals surface area contributed by atoms with Crippen LogP contribution in [0.1, 0.15) is 37.8 Å². The number of hydrogen-bond acceptors (Lipinski definition) is 1. The normalized spacial score (nSPS) is 13.8. The highest BCUT2D eigenvalue weighted by Crippen LogP contribution is 2.21. The molecule has 1 unspecified atom stereocenters. The number of aliphatic imine (C=N–C) groups is 1. The summed E-state index contributed by atoms with van der Waals surface area (Å²) >= 11 is 5.95. The van der Waals surface area contributed by atoms with Crippen LogP contribution in [0.15, 0.2) is 29.3 Å². The van der Waals surface area contributed by atoms with Crippen LogP contribution in [0, 0.1) is 0 Å². The minimum absolute atomic E-state index is 0.0138. The summed E-state index contributed by atoms with van der Waals surface area (Å²) in [6.45, 7) is 2.40. The molecule has 2 N–H and O–H groups in total. The molecule has 7 heteroatoms. The molecular formula is C15H21ClF3N3. The van der Waals surface area contributed by atoms with E-state index in [4.69, 9.17) is 11.6 Å². The van der Waals surface area contributed by atoms with Gasteiger partial charge in [0.2, 0.25) is 0 Å². The second-order valence-electron chi connectivity index (χ2n) is 4.99. The molecule has 1 atom stereocenters. The third kappa shape index (κ3) is 7.54. The molecule has 0 amide bonds. The van der Waals surface area contributed by atoms with Crippen molar-refractivity contribution in [1.29, 1.82) is 0 Å². The Kier molecular flexibility index (Phi) is 7.51. The number of unbranched alkanes of at least 4 members (excludes halogenated alkanes) is 1. The molecule has 0 aliphatic carbocycles. The van der Waals surface area contributed by atoms with Crippen LogP contribution in [0.4, 0.5) is 13.2 Å². The lowest BCUT2D eigenvalue weighted by Crippen LogP contribution is -2.39. The maximum atomic E-state index is 12.0. The van der Waals surface area contributed by atoms with Gasteiger partial charge in [0.1, 0.15) is 0 Å². The molecule has 0 saturated heterocycles. The topological polar surface area (TPSA) is 36.4 Å². The van der Waals surface area contributed by atoms with Crippen LogP contribution in [-0.2, 0) is 0 Å². The molecule has 1 aromatic carbocycles. The SMILES string of the molecule is CN=C(NCCCCC(F)(F)F)NC(C)c1cccc(Cl)c1. The number of benzene rings is 1. The summed E-state index contributed by atoms with van der Waals surface area (Å²) in [5, 5.41) is 6.84. The maximum Gasteiger partial charge on any atom is 0.389 e. The zero-order chi connectivity index (χ0) is 16.6. The number of alkyl halides is 3. The minimum atomic E-state index is -4.08. The van der Waals surface area contributed by atoms with Gasteiger partial charge in [0.15, 0.2) is 5.96 Å². The molecule has 0 radical (unpaired) electrons. The fraction of sp³-hybridized carbons (Fsp3) is 0.533. The number of hydrogen-bond donors (Lipinski definition) is 2. The van der Waals surface area contributed by atoms with Gasteiger partial charge in [-0.2, -0.15) is 13.2 Å². The predicted octanol–water partition coefficient (Wildman–Crippen LogP) is 4.30. The van der Waals surface area contributed by atoms with Crippen LogP contribution in [0.3, 0.4) is 0 Å². The van der Waals surface area contributed by atoms with Crippen molar-refractivity contribution >= 4 is 17.6 Å². The van der Waals surface area contributed by atoms with Crippen LogP contribution < -0.4 is 10.6 Å². The third-order valence-corrected chi connectivity index (χ3v) is 3.34. The largest absolute Gasteiger partial charge is 0.389 e. The van der Waals surface area contributed by atoms with E-state index in [0.717, 1.165) is 5.56 Å². The van der Waals surface area contributed by atoms with Crippen molar-refractivity contribution in [3.63, 3.8) is 0 Å². The first-order chi connectivity index (χ1) is 10.3. The number of nitrogens with zero attached hydrogens (tertiary/aromatic N) is 1. The van der Waals surface area contributed by atoms with E-state index in [1.807, 2.05) is 25.1 Å². The van der Waals surface area contributed by atoms with Crippen molar-refractivity contribution in [2.24, 2.45) is 4.99 Å². The Labute approximate surface area is 134 Å². The van der Waals surface area contributed by atoms with Crippen molar-refractivity contribution in [3.05, 3.63) is 34.9 Å². The number of halogens is 4. The van der Waals surface area contributed by atoms with Gasteiger partial charge in [-0.05, 0) is 37.5 Å². The number of nitrogens with one attached hydrogen (secondary N) is 2. The zero-order valence-electron chi connectivity index (χ0n) is 12.7. The first-order valence-electron chi connectivity index (χ1n) is 7.11. The van der Waals surface area contributed by atoms with E-state index >= 15 is 0 Å². The molecular weight excluding hydrogens is 315 g/mol. The summed E-state index contributed by atoms with van der Waals surface area (Å²) in [5.74, 6) is 0.555. The lowest BCUT2D eigenvalue weighted by molar-refractivity contribution is -0.135. The average Bonchev–Trinajstić information content (AvgIpc) is 2.44. The van der Waals surface area contributed by atoms with Crippen LogP contribution in [-0.4, -0.2) is 25.7 Å². The van der Waals surface area contributed by atoms with Gasteiger partial charge in [-0.15, -0.1) is 0 Å². The molecule has 0 spiro atoms. The second-order valence-corrected chi connectivity index (χ2v) is 5.43. The molecule has 0 aliphatic heterocycles.